The molecule has 0 aliphatic heterocycles. The van der Waals surface area contributed by atoms with Crippen LogP contribution in [0.3, 0.4) is 0 Å². The molecule has 2 N–H and O–H groups in total. The van der Waals surface area contributed by atoms with Gasteiger partial charge in [0.05, 0.1) is 5.57 Å². The summed E-state index contributed by atoms with van der Waals surface area (Å²) in [6.07, 6.45) is 0. The van der Waals surface area contributed by atoms with Gasteiger partial charge >= 0.3 is 5.97 Å². The summed E-state index contributed by atoms with van der Waals surface area (Å²) in [5.74, 6) is -0.896. The zero-order valence-electron chi connectivity index (χ0n) is 7.24. The molecular formula is C10H10O3. The normalized spacial score (nSPS) is 9.62. The van der Waals surface area contributed by atoms with E-state index in [1.165, 1.54) is 12.1 Å². The first kappa shape index (κ1) is 9.32. The van der Waals surface area contributed by atoms with Crippen molar-refractivity contribution in [2.45, 2.75) is 6.92 Å². The molecule has 0 aliphatic rings. The molecule has 0 aliphatic carbocycles. The Morgan fingerprint density at radius 3 is 2.54 bits per heavy atom. The van der Waals surface area contributed by atoms with E-state index in [4.69, 9.17) is 5.11 Å². The van der Waals surface area contributed by atoms with Gasteiger partial charge in [0, 0.05) is 0 Å². The van der Waals surface area contributed by atoms with Crippen LogP contribution in [0.5, 0.6) is 5.75 Å². The topological polar surface area (TPSA) is 57.5 Å². The molecule has 0 fully saturated rings. The minimum absolute atomic E-state index is 0.0306. The van der Waals surface area contributed by atoms with Crippen molar-refractivity contribution in [1.29, 1.82) is 0 Å². The molecule has 0 atom stereocenters. The SMILES string of the molecule is C=C(C(=O)O)c1ccc(O)c(C)c1. The van der Waals surface area contributed by atoms with Crippen molar-refractivity contribution in [3.05, 3.63) is 35.9 Å². The molecule has 0 radical (unpaired) electrons. The molecule has 3 heteroatoms. The summed E-state index contributed by atoms with van der Waals surface area (Å²) in [5.41, 5.74) is 1.19. The molecule has 68 valence electrons. The average Bonchev–Trinajstić information content (AvgIpc) is 2.08. The van der Waals surface area contributed by atoms with Gasteiger partial charge in [-0.15, -0.1) is 0 Å². The van der Waals surface area contributed by atoms with E-state index in [2.05, 4.69) is 6.58 Å². The first-order valence-corrected chi connectivity index (χ1v) is 3.74. The van der Waals surface area contributed by atoms with Crippen molar-refractivity contribution in [1.82, 2.24) is 0 Å². The van der Waals surface area contributed by atoms with Crippen LogP contribution in [0.2, 0.25) is 0 Å². The number of carboxylic acids is 1. The molecule has 0 spiro atoms. The van der Waals surface area contributed by atoms with Crippen LogP contribution in [-0.4, -0.2) is 16.2 Å². The fourth-order valence-corrected chi connectivity index (χ4v) is 0.967. The van der Waals surface area contributed by atoms with E-state index < -0.39 is 5.97 Å². The third-order valence-electron chi connectivity index (χ3n) is 1.80. The molecular weight excluding hydrogens is 168 g/mol. The van der Waals surface area contributed by atoms with Crippen LogP contribution in [0.1, 0.15) is 11.1 Å². The molecule has 0 bridgehead atoms. The Morgan fingerprint density at radius 1 is 1.46 bits per heavy atom. The Kier molecular flexibility index (Phi) is 2.37. The lowest BCUT2D eigenvalue weighted by Crippen LogP contribution is -1.97. The number of phenols is 1. The van der Waals surface area contributed by atoms with E-state index in [0.717, 1.165) is 0 Å². The third-order valence-corrected chi connectivity index (χ3v) is 1.80. The lowest BCUT2D eigenvalue weighted by molar-refractivity contribution is -0.130. The molecule has 1 rings (SSSR count). The number of hydrogen-bond donors (Lipinski definition) is 2. The lowest BCUT2D eigenvalue weighted by atomic mass is 10.0. The fourth-order valence-electron chi connectivity index (χ4n) is 0.967. The largest absolute Gasteiger partial charge is 0.508 e. The molecule has 0 amide bonds. The van der Waals surface area contributed by atoms with Gasteiger partial charge < -0.3 is 10.2 Å². The zero-order chi connectivity index (χ0) is 10.0. The maximum Gasteiger partial charge on any atom is 0.335 e. The first-order valence-electron chi connectivity index (χ1n) is 3.74. The van der Waals surface area contributed by atoms with Crippen LogP contribution in [-0.2, 0) is 4.79 Å². The van der Waals surface area contributed by atoms with Gasteiger partial charge in [0.1, 0.15) is 5.75 Å². The van der Waals surface area contributed by atoms with Gasteiger partial charge in [0.25, 0.3) is 0 Å². The molecule has 13 heavy (non-hydrogen) atoms. The van der Waals surface area contributed by atoms with Crippen LogP contribution in [0.25, 0.3) is 5.57 Å². The second kappa shape index (κ2) is 3.31. The maximum absolute atomic E-state index is 10.5. The zero-order valence-corrected chi connectivity index (χ0v) is 7.24. The van der Waals surface area contributed by atoms with E-state index in [1.807, 2.05) is 0 Å². The molecule has 0 saturated carbocycles. The number of rotatable bonds is 2. The van der Waals surface area contributed by atoms with E-state index in [9.17, 15) is 9.90 Å². The number of carboxylic acid groups (broad SMARTS) is 1. The van der Waals surface area contributed by atoms with Crippen molar-refractivity contribution in [3.63, 3.8) is 0 Å². The minimum atomic E-state index is -1.05. The highest BCUT2D eigenvalue weighted by atomic mass is 16.4. The first-order chi connectivity index (χ1) is 6.02. The Balaban J connectivity index is 3.11. The predicted molar refractivity (Wildman–Crippen MR) is 49.5 cm³/mol. The Bertz CT molecular complexity index is 366. The highest BCUT2D eigenvalue weighted by Gasteiger charge is 2.07. The van der Waals surface area contributed by atoms with Gasteiger partial charge in [0.15, 0.2) is 0 Å². The van der Waals surface area contributed by atoms with Crippen molar-refractivity contribution in [3.8, 4) is 5.75 Å². The fraction of sp³-hybridized carbons (Fsp3) is 0.100. The van der Waals surface area contributed by atoms with Crippen LogP contribution < -0.4 is 0 Å². The summed E-state index contributed by atoms with van der Waals surface area (Å²) in [7, 11) is 0. The molecule has 0 unspecified atom stereocenters. The van der Waals surface area contributed by atoms with Crippen molar-refractivity contribution in [2.24, 2.45) is 0 Å². The predicted octanol–water partition coefficient (Wildman–Crippen LogP) is 1.80. The monoisotopic (exact) mass is 178 g/mol. The van der Waals surface area contributed by atoms with E-state index in [-0.39, 0.29) is 11.3 Å². The second-order valence-corrected chi connectivity index (χ2v) is 2.78. The summed E-state index contributed by atoms with van der Waals surface area (Å²) in [5, 5.41) is 17.8. The summed E-state index contributed by atoms with van der Waals surface area (Å²) in [6.45, 7) is 5.12. The lowest BCUT2D eigenvalue weighted by Gasteiger charge is -2.03. The van der Waals surface area contributed by atoms with E-state index in [1.54, 1.807) is 13.0 Å². The van der Waals surface area contributed by atoms with Gasteiger partial charge in [-0.1, -0.05) is 12.6 Å². The molecule has 0 heterocycles. The summed E-state index contributed by atoms with van der Waals surface area (Å²) in [6, 6.07) is 4.57. The number of carbonyl (C=O) groups is 1. The van der Waals surface area contributed by atoms with E-state index in [0.29, 0.717) is 11.1 Å². The maximum atomic E-state index is 10.5. The molecule has 0 aromatic heterocycles. The van der Waals surface area contributed by atoms with Crippen LogP contribution in [0.4, 0.5) is 0 Å². The number of phenolic OH excluding ortho intramolecular Hbond substituents is 1. The Labute approximate surface area is 76.0 Å². The Morgan fingerprint density at radius 2 is 2.08 bits per heavy atom. The van der Waals surface area contributed by atoms with Crippen molar-refractivity contribution < 1.29 is 15.0 Å². The summed E-state index contributed by atoms with van der Waals surface area (Å²) >= 11 is 0. The molecule has 1 aromatic rings. The molecule has 3 nitrogen and oxygen atoms in total. The highest BCUT2D eigenvalue weighted by molar-refractivity contribution is 6.14. The number of hydrogen-bond acceptors (Lipinski definition) is 2. The van der Waals surface area contributed by atoms with Gasteiger partial charge in [-0.05, 0) is 30.2 Å². The summed E-state index contributed by atoms with van der Waals surface area (Å²) in [4.78, 5) is 10.5. The van der Waals surface area contributed by atoms with Gasteiger partial charge in [-0.2, -0.15) is 0 Å². The van der Waals surface area contributed by atoms with Crippen molar-refractivity contribution >= 4 is 11.5 Å². The molecule has 0 saturated heterocycles. The second-order valence-electron chi connectivity index (χ2n) is 2.78. The van der Waals surface area contributed by atoms with Gasteiger partial charge in [0.2, 0.25) is 0 Å². The minimum Gasteiger partial charge on any atom is -0.508 e. The standard InChI is InChI=1S/C10H10O3/c1-6-5-8(3-4-9(6)11)7(2)10(12)13/h3-5,11H,2H2,1H3,(H,12,13). The van der Waals surface area contributed by atoms with E-state index >= 15 is 0 Å². The van der Waals surface area contributed by atoms with Crippen LogP contribution >= 0.6 is 0 Å². The Hall–Kier alpha value is -1.77. The van der Waals surface area contributed by atoms with Crippen molar-refractivity contribution in [2.75, 3.05) is 0 Å². The quantitative estimate of drug-likeness (QED) is 0.679. The van der Waals surface area contributed by atoms with Gasteiger partial charge in [-0.3, -0.25) is 0 Å². The molecule has 1 aromatic carbocycles. The third kappa shape index (κ3) is 1.87. The summed E-state index contributed by atoms with van der Waals surface area (Å²) < 4.78 is 0. The van der Waals surface area contributed by atoms with Gasteiger partial charge in [-0.25, -0.2) is 4.79 Å². The number of aliphatic carboxylic acids is 1. The van der Waals surface area contributed by atoms with Crippen LogP contribution in [0, 0.1) is 6.92 Å². The number of aryl methyl sites for hydroxylation is 1. The average molecular weight is 178 g/mol. The number of benzene rings is 1. The number of aromatic hydroxyl groups is 1. The van der Waals surface area contributed by atoms with Crippen LogP contribution in [0.15, 0.2) is 24.8 Å². The highest BCUT2D eigenvalue weighted by Crippen LogP contribution is 2.21. The smallest absolute Gasteiger partial charge is 0.335 e.